The number of anilines is 5. The lowest BCUT2D eigenvalue weighted by molar-refractivity contribution is -0.122. The van der Waals surface area contributed by atoms with E-state index in [0.29, 0.717) is 16.7 Å². The first-order chi connectivity index (χ1) is 15.9. The third-order valence-electron chi connectivity index (χ3n) is 4.27. The van der Waals surface area contributed by atoms with E-state index in [-0.39, 0.29) is 35.4 Å². The van der Waals surface area contributed by atoms with E-state index in [1.54, 1.807) is 24.3 Å². The van der Waals surface area contributed by atoms with Gasteiger partial charge in [-0.2, -0.15) is 14.6 Å². The maximum Gasteiger partial charge on any atom is 0.411 e. The monoisotopic (exact) mass is 454 g/mol. The molecule has 0 saturated heterocycles. The third-order valence-corrected chi connectivity index (χ3v) is 4.27. The van der Waals surface area contributed by atoms with E-state index in [9.17, 15) is 9.18 Å². The van der Waals surface area contributed by atoms with Crippen molar-refractivity contribution in [3.8, 4) is 5.95 Å². The summed E-state index contributed by atoms with van der Waals surface area (Å²) in [6.07, 6.45) is -0.759. The van der Waals surface area contributed by atoms with Crippen molar-refractivity contribution < 1.29 is 23.8 Å². The third kappa shape index (κ3) is 4.87. The Morgan fingerprint density at radius 2 is 1.73 bits per heavy atom. The molecule has 12 nitrogen and oxygen atoms in total. The first-order valence-electron chi connectivity index (χ1n) is 9.25. The number of carbonyl (C=O) groups is 2. The molecule has 0 atom stereocenters. The second-order valence-corrected chi connectivity index (χ2v) is 6.27. The Balaban J connectivity index is 0.000000968. The molecule has 0 aliphatic heterocycles. The summed E-state index contributed by atoms with van der Waals surface area (Å²) in [5.74, 6) is -0.0669. The average Bonchev–Trinajstić information content (AvgIpc) is 3.16. The minimum atomic E-state index is -0.759. The van der Waals surface area contributed by atoms with E-state index in [4.69, 9.17) is 21.4 Å². The number of benzene rings is 2. The predicted octanol–water partition coefficient (Wildman–Crippen LogP) is 2.74. The van der Waals surface area contributed by atoms with E-state index >= 15 is 0 Å². The molecule has 2 aromatic heterocycles. The zero-order chi connectivity index (χ0) is 24.0. The summed E-state index contributed by atoms with van der Waals surface area (Å²) < 4.78 is 20.0. The number of methoxy groups -OCH3 is 1. The van der Waals surface area contributed by atoms with Crippen molar-refractivity contribution in [3.05, 3.63) is 54.3 Å². The Labute approximate surface area is 186 Å². The highest BCUT2D eigenvalue weighted by Crippen LogP contribution is 2.30. The van der Waals surface area contributed by atoms with Crippen molar-refractivity contribution in [2.24, 2.45) is 0 Å². The van der Waals surface area contributed by atoms with Crippen LogP contribution in [0.15, 0.2) is 48.5 Å². The molecule has 0 radical (unpaired) electrons. The zero-order valence-electron chi connectivity index (χ0n) is 17.2. The summed E-state index contributed by atoms with van der Waals surface area (Å²) >= 11 is 0. The maximum atomic E-state index is 14.1. The second-order valence-electron chi connectivity index (χ2n) is 6.27. The molecule has 0 unspecified atom stereocenters. The van der Waals surface area contributed by atoms with Gasteiger partial charge < -0.3 is 26.6 Å². The number of rotatable bonds is 4. The summed E-state index contributed by atoms with van der Waals surface area (Å²) in [4.78, 5) is 28.2. The average molecular weight is 454 g/mol. The maximum absolute atomic E-state index is 14.1. The number of para-hydroxylation sites is 2. The molecule has 0 aliphatic carbocycles. The lowest BCUT2D eigenvalue weighted by atomic mass is 10.2. The molecule has 1 amide bonds. The molecule has 4 aromatic rings. The fourth-order valence-electron chi connectivity index (χ4n) is 2.86. The number of nitrogens with one attached hydrogen (secondary N) is 2. The molecule has 0 spiro atoms. The molecule has 7 N–H and O–H groups in total. The zero-order valence-corrected chi connectivity index (χ0v) is 17.2. The van der Waals surface area contributed by atoms with E-state index in [2.05, 4.69) is 30.4 Å². The van der Waals surface area contributed by atoms with Crippen molar-refractivity contribution in [1.82, 2.24) is 19.7 Å². The molecule has 13 heteroatoms. The van der Waals surface area contributed by atoms with Crippen LogP contribution in [-0.4, -0.2) is 44.5 Å². The van der Waals surface area contributed by atoms with Gasteiger partial charge in [0.15, 0.2) is 17.5 Å². The summed E-state index contributed by atoms with van der Waals surface area (Å²) in [6, 6.07) is 13.5. The molecule has 33 heavy (non-hydrogen) atoms. The fourth-order valence-corrected chi connectivity index (χ4v) is 2.86. The van der Waals surface area contributed by atoms with Crippen molar-refractivity contribution in [2.45, 2.75) is 0 Å². The number of nitrogen functional groups attached to an aromatic ring is 2. The van der Waals surface area contributed by atoms with Gasteiger partial charge in [-0.05, 0) is 24.3 Å². The summed E-state index contributed by atoms with van der Waals surface area (Å²) in [6.45, 7) is -0.250. The van der Waals surface area contributed by atoms with Crippen LogP contribution in [0, 0.1) is 5.82 Å². The molecule has 2 heterocycles. The second kappa shape index (κ2) is 9.91. The van der Waals surface area contributed by atoms with Gasteiger partial charge in [0, 0.05) is 5.39 Å². The van der Waals surface area contributed by atoms with Gasteiger partial charge in [0.1, 0.15) is 11.5 Å². The Bertz CT molecular complexity index is 1290. The Morgan fingerprint density at radius 1 is 1.12 bits per heavy atom. The molecule has 0 aliphatic rings. The van der Waals surface area contributed by atoms with Gasteiger partial charge in [-0.15, -0.1) is 5.10 Å². The lowest BCUT2D eigenvalue weighted by Crippen LogP contribution is -2.17. The number of ether oxygens (including phenoxy) is 1. The lowest BCUT2D eigenvalue weighted by Gasteiger charge is -2.10. The highest BCUT2D eigenvalue weighted by molar-refractivity contribution is 5.94. The number of fused-ring (bicyclic) bond motifs is 1. The van der Waals surface area contributed by atoms with Gasteiger partial charge in [0.2, 0.25) is 0 Å². The Hall–Kier alpha value is -4.94. The smallest absolute Gasteiger partial charge is 0.411 e. The van der Waals surface area contributed by atoms with Gasteiger partial charge in [-0.25, -0.2) is 9.18 Å². The molecule has 0 fully saturated rings. The summed E-state index contributed by atoms with van der Waals surface area (Å²) in [7, 11) is 1.21. The van der Waals surface area contributed by atoms with Crippen LogP contribution in [0.2, 0.25) is 0 Å². The number of halogens is 1. The van der Waals surface area contributed by atoms with E-state index in [1.165, 1.54) is 17.9 Å². The van der Waals surface area contributed by atoms with Crippen molar-refractivity contribution in [3.63, 3.8) is 0 Å². The van der Waals surface area contributed by atoms with Gasteiger partial charge >= 0.3 is 6.09 Å². The van der Waals surface area contributed by atoms with Crippen LogP contribution in [-0.2, 0) is 9.53 Å². The summed E-state index contributed by atoms with van der Waals surface area (Å²) in [5.41, 5.74) is 12.8. The van der Waals surface area contributed by atoms with E-state index < -0.39 is 11.9 Å². The van der Waals surface area contributed by atoms with Gasteiger partial charge in [0.25, 0.3) is 12.4 Å². The van der Waals surface area contributed by atoms with Crippen LogP contribution in [0.4, 0.5) is 38.0 Å². The number of hydrogen-bond acceptors (Lipinski definition) is 9. The standard InChI is InChI=1S/C19H17FN8O2.CH2O2/c1-30-19(29)24-14-15(21)25-18(26-16(14)22)28-13-9-5-2-6-10(13)17(27-28)23-12-8-4-3-7-11(12)20;2-1-3/h2-9H,1H3,(H,23,27)(H,24,29)(H4,21,22,25,26);1H,(H,2,3). The van der Waals surface area contributed by atoms with Crippen molar-refractivity contribution in [1.29, 1.82) is 0 Å². The van der Waals surface area contributed by atoms with Crippen LogP contribution < -0.4 is 22.1 Å². The first-order valence-corrected chi connectivity index (χ1v) is 9.25. The van der Waals surface area contributed by atoms with Gasteiger partial charge in [-0.3, -0.25) is 10.1 Å². The van der Waals surface area contributed by atoms with Crippen molar-refractivity contribution in [2.75, 3.05) is 29.2 Å². The van der Waals surface area contributed by atoms with Crippen LogP contribution in [0.1, 0.15) is 0 Å². The number of amides is 1. The first kappa shape index (κ1) is 22.7. The van der Waals surface area contributed by atoms with Crippen LogP contribution >= 0.6 is 0 Å². The number of nitrogens with zero attached hydrogens (tertiary/aromatic N) is 4. The molecule has 2 aromatic carbocycles. The number of aromatic nitrogens is 4. The normalized spacial score (nSPS) is 10.1. The number of carboxylic acid groups (broad SMARTS) is 1. The predicted molar refractivity (Wildman–Crippen MR) is 120 cm³/mol. The van der Waals surface area contributed by atoms with Gasteiger partial charge in [0.05, 0.1) is 18.3 Å². The van der Waals surface area contributed by atoms with Crippen LogP contribution in [0.3, 0.4) is 0 Å². The van der Waals surface area contributed by atoms with Crippen LogP contribution in [0.25, 0.3) is 16.9 Å². The quantitative estimate of drug-likeness (QED) is 0.287. The fraction of sp³-hybridized carbons (Fsp3) is 0.0500. The largest absolute Gasteiger partial charge is 0.483 e. The Kier molecular flexibility index (Phi) is 6.83. The molecular formula is C20H19FN8O4. The molecule has 170 valence electrons. The SMILES string of the molecule is COC(=O)Nc1c(N)nc(-n2nc(Nc3ccccc3F)c3ccccc32)nc1N.O=CO. The molecule has 4 rings (SSSR count). The van der Waals surface area contributed by atoms with Crippen LogP contribution in [0.5, 0.6) is 0 Å². The molecular weight excluding hydrogens is 435 g/mol. The highest BCUT2D eigenvalue weighted by atomic mass is 19.1. The topological polar surface area (TPSA) is 183 Å². The summed E-state index contributed by atoms with van der Waals surface area (Å²) in [5, 5.41) is 17.4. The molecule has 0 bridgehead atoms. The minimum absolute atomic E-state index is 0.0340. The van der Waals surface area contributed by atoms with Gasteiger partial charge in [-0.1, -0.05) is 24.3 Å². The minimum Gasteiger partial charge on any atom is -0.483 e. The van der Waals surface area contributed by atoms with E-state index in [0.717, 1.165) is 0 Å². The Morgan fingerprint density at radius 3 is 2.36 bits per heavy atom. The number of nitrogens with two attached hydrogens (primary N) is 2. The van der Waals surface area contributed by atoms with Crippen molar-refractivity contribution >= 4 is 52.3 Å². The number of carbonyl (C=O) groups excluding carboxylic acids is 1. The molecule has 0 saturated carbocycles. The van der Waals surface area contributed by atoms with E-state index in [1.807, 2.05) is 18.2 Å². The highest BCUT2D eigenvalue weighted by Gasteiger charge is 2.18. The number of hydrogen-bond donors (Lipinski definition) is 5.